The summed E-state index contributed by atoms with van der Waals surface area (Å²) in [5, 5.41) is 13.8. The summed E-state index contributed by atoms with van der Waals surface area (Å²) >= 11 is 0. The number of nitrogens with one attached hydrogen (secondary N) is 1. The molecule has 13 heteroatoms. The van der Waals surface area contributed by atoms with Gasteiger partial charge in [-0.2, -0.15) is 5.10 Å². The third-order valence-corrected chi connectivity index (χ3v) is 8.09. The quantitative estimate of drug-likeness (QED) is 0.519. The Balaban J connectivity index is 1.48. The van der Waals surface area contributed by atoms with Crippen molar-refractivity contribution in [2.45, 2.75) is 23.2 Å². The fourth-order valence-corrected chi connectivity index (χ4v) is 5.77. The molecule has 1 N–H and O–H groups in total. The van der Waals surface area contributed by atoms with Crippen LogP contribution in [0.5, 0.6) is 17.2 Å². The number of ether oxygens (including phenoxy) is 3. The van der Waals surface area contributed by atoms with E-state index in [4.69, 9.17) is 14.2 Å². The van der Waals surface area contributed by atoms with Gasteiger partial charge in [-0.15, -0.1) is 10.2 Å². The van der Waals surface area contributed by atoms with E-state index >= 15 is 0 Å². The normalized spacial score (nSPS) is 14.8. The van der Waals surface area contributed by atoms with Crippen molar-refractivity contribution in [1.82, 2.24) is 29.9 Å². The molecule has 1 saturated heterocycles. The molecule has 1 aliphatic heterocycles. The van der Waals surface area contributed by atoms with Crippen molar-refractivity contribution in [1.29, 1.82) is 0 Å². The van der Waals surface area contributed by atoms with Gasteiger partial charge in [0.25, 0.3) is 5.91 Å². The van der Waals surface area contributed by atoms with Crippen molar-refractivity contribution < 1.29 is 27.4 Å². The zero-order valence-corrected chi connectivity index (χ0v) is 20.1. The molecule has 0 atom stereocenters. The van der Waals surface area contributed by atoms with Crippen LogP contribution >= 0.6 is 0 Å². The minimum Gasteiger partial charge on any atom is -0.493 e. The van der Waals surface area contributed by atoms with Crippen LogP contribution in [0.25, 0.3) is 11.3 Å². The van der Waals surface area contributed by atoms with Gasteiger partial charge in [0.1, 0.15) is 12.0 Å². The van der Waals surface area contributed by atoms with Gasteiger partial charge in [0.2, 0.25) is 20.7 Å². The van der Waals surface area contributed by atoms with Gasteiger partial charge >= 0.3 is 0 Å². The number of piperidine rings is 1. The van der Waals surface area contributed by atoms with Gasteiger partial charge < -0.3 is 23.7 Å². The number of benzene rings is 1. The van der Waals surface area contributed by atoms with Gasteiger partial charge in [0.15, 0.2) is 11.5 Å². The summed E-state index contributed by atoms with van der Waals surface area (Å²) in [6, 6.07) is 5.13. The number of hydrogen-bond donors (Lipinski definition) is 1. The standard InChI is InChI=1S/C21H26N6O6S/c1-26-12-22-25-21(26)34(29,30)14-5-7-27(8-6-14)20(28)16-11-15(23-24-16)13-9-17(31-2)19(33-4)18(10-13)32-3/h9-12,14H,5-8H2,1-4H3,(H,23,24). The lowest BCUT2D eigenvalue weighted by atomic mass is 10.1. The molecule has 3 aromatic rings. The highest BCUT2D eigenvalue weighted by Gasteiger charge is 2.36. The molecule has 0 aliphatic carbocycles. The monoisotopic (exact) mass is 490 g/mol. The molecule has 1 aromatic carbocycles. The van der Waals surface area contributed by atoms with Crippen molar-refractivity contribution in [3.63, 3.8) is 0 Å². The molecular formula is C21H26N6O6S. The fraction of sp³-hybridized carbons (Fsp3) is 0.429. The number of nitrogens with zero attached hydrogens (tertiary/aromatic N) is 5. The van der Waals surface area contributed by atoms with E-state index < -0.39 is 15.1 Å². The highest BCUT2D eigenvalue weighted by molar-refractivity contribution is 7.91. The lowest BCUT2D eigenvalue weighted by Gasteiger charge is -2.31. The summed E-state index contributed by atoms with van der Waals surface area (Å²) in [5.74, 6) is 1.15. The van der Waals surface area contributed by atoms with Crippen LogP contribution in [0, 0.1) is 0 Å². The maximum atomic E-state index is 13.0. The largest absolute Gasteiger partial charge is 0.493 e. The van der Waals surface area contributed by atoms with Gasteiger partial charge in [-0.05, 0) is 31.0 Å². The van der Waals surface area contributed by atoms with Crippen molar-refractivity contribution in [2.24, 2.45) is 7.05 Å². The molecule has 2 aromatic heterocycles. The number of carbonyl (C=O) groups is 1. The van der Waals surface area contributed by atoms with Crippen LogP contribution in [0.2, 0.25) is 0 Å². The molecule has 0 saturated carbocycles. The lowest BCUT2D eigenvalue weighted by Crippen LogP contribution is -2.43. The maximum absolute atomic E-state index is 13.0. The predicted molar refractivity (Wildman–Crippen MR) is 121 cm³/mol. The Morgan fingerprint density at radius 3 is 2.24 bits per heavy atom. The highest BCUT2D eigenvalue weighted by Crippen LogP contribution is 2.41. The van der Waals surface area contributed by atoms with E-state index in [0.717, 1.165) is 0 Å². The SMILES string of the molecule is COc1cc(-c2cc(C(=O)N3CCC(S(=O)(=O)c4nncn4C)CC3)[nH]n2)cc(OC)c1OC. The Morgan fingerprint density at radius 2 is 1.71 bits per heavy atom. The first kappa shape index (κ1) is 23.5. The number of aryl methyl sites for hydroxylation is 1. The van der Waals surface area contributed by atoms with E-state index in [0.29, 0.717) is 60.1 Å². The topological polar surface area (TPSA) is 142 Å². The molecule has 0 spiro atoms. The van der Waals surface area contributed by atoms with E-state index in [1.165, 1.54) is 32.2 Å². The smallest absolute Gasteiger partial charge is 0.271 e. The van der Waals surface area contributed by atoms with E-state index in [-0.39, 0.29) is 11.1 Å². The predicted octanol–water partition coefficient (Wildman–Crippen LogP) is 1.31. The first-order valence-corrected chi connectivity index (χ1v) is 12.1. The molecule has 1 aliphatic rings. The molecule has 0 radical (unpaired) electrons. The first-order chi connectivity index (χ1) is 16.3. The summed E-state index contributed by atoms with van der Waals surface area (Å²) in [5.41, 5.74) is 1.51. The first-order valence-electron chi connectivity index (χ1n) is 10.5. The molecule has 0 unspecified atom stereocenters. The summed E-state index contributed by atoms with van der Waals surface area (Å²) in [7, 11) is 2.54. The molecular weight excluding hydrogens is 464 g/mol. The molecule has 1 fully saturated rings. The third kappa shape index (κ3) is 4.18. The van der Waals surface area contributed by atoms with Crippen LogP contribution in [-0.2, 0) is 16.9 Å². The number of rotatable bonds is 7. The van der Waals surface area contributed by atoms with Gasteiger partial charge in [-0.25, -0.2) is 8.42 Å². The number of hydrogen-bond acceptors (Lipinski definition) is 9. The minimum atomic E-state index is -3.62. The Kier molecular flexibility index (Phi) is 6.46. The molecule has 3 heterocycles. The molecule has 4 rings (SSSR count). The number of carbonyl (C=O) groups excluding carboxylic acids is 1. The van der Waals surface area contributed by atoms with Gasteiger partial charge in [-0.1, -0.05) is 0 Å². The second-order valence-corrected chi connectivity index (χ2v) is 9.96. The lowest BCUT2D eigenvalue weighted by molar-refractivity contribution is 0.0719. The van der Waals surface area contributed by atoms with E-state index in [9.17, 15) is 13.2 Å². The van der Waals surface area contributed by atoms with Crippen molar-refractivity contribution in [3.05, 3.63) is 30.2 Å². The summed E-state index contributed by atoms with van der Waals surface area (Å²) in [6.07, 6.45) is 1.99. The van der Waals surface area contributed by atoms with Gasteiger partial charge in [0, 0.05) is 25.7 Å². The average molecular weight is 491 g/mol. The number of aromatic amines is 1. The Labute approximate surface area is 196 Å². The zero-order valence-electron chi connectivity index (χ0n) is 19.3. The van der Waals surface area contributed by atoms with Gasteiger partial charge in [0.05, 0.1) is 32.3 Å². The average Bonchev–Trinajstić information content (AvgIpc) is 3.52. The molecule has 182 valence electrons. The zero-order chi connectivity index (χ0) is 24.5. The second kappa shape index (κ2) is 9.33. The van der Waals surface area contributed by atoms with Crippen LogP contribution in [0.3, 0.4) is 0 Å². The molecule has 34 heavy (non-hydrogen) atoms. The van der Waals surface area contributed by atoms with E-state index in [1.807, 2.05) is 0 Å². The maximum Gasteiger partial charge on any atom is 0.271 e. The number of H-pyrrole nitrogens is 1. The van der Waals surface area contributed by atoms with Gasteiger partial charge in [-0.3, -0.25) is 9.89 Å². The third-order valence-electron chi connectivity index (χ3n) is 5.86. The number of aromatic nitrogens is 5. The summed E-state index contributed by atoms with van der Waals surface area (Å²) in [6.45, 7) is 0.609. The number of amides is 1. The van der Waals surface area contributed by atoms with Crippen LogP contribution in [0.15, 0.2) is 29.7 Å². The number of likely N-dealkylation sites (tertiary alicyclic amines) is 1. The van der Waals surface area contributed by atoms with Crippen molar-refractivity contribution >= 4 is 15.7 Å². The Hall–Kier alpha value is -3.61. The van der Waals surface area contributed by atoms with E-state index in [1.54, 1.807) is 30.1 Å². The van der Waals surface area contributed by atoms with Crippen LogP contribution in [0.4, 0.5) is 0 Å². The highest BCUT2D eigenvalue weighted by atomic mass is 32.2. The minimum absolute atomic E-state index is 0.0548. The molecule has 0 bridgehead atoms. The Morgan fingerprint density at radius 1 is 1.06 bits per heavy atom. The Bertz CT molecular complexity index is 1270. The second-order valence-electron chi connectivity index (χ2n) is 7.84. The summed E-state index contributed by atoms with van der Waals surface area (Å²) < 4.78 is 43.2. The van der Waals surface area contributed by atoms with E-state index in [2.05, 4.69) is 20.4 Å². The van der Waals surface area contributed by atoms with Crippen molar-refractivity contribution in [3.8, 4) is 28.5 Å². The van der Waals surface area contributed by atoms with Crippen LogP contribution < -0.4 is 14.2 Å². The molecule has 1 amide bonds. The van der Waals surface area contributed by atoms with Crippen molar-refractivity contribution in [2.75, 3.05) is 34.4 Å². The van der Waals surface area contributed by atoms with Crippen LogP contribution in [0.1, 0.15) is 23.3 Å². The fourth-order valence-electron chi connectivity index (χ4n) is 4.03. The van der Waals surface area contributed by atoms with Crippen LogP contribution in [-0.4, -0.2) is 83.9 Å². The number of sulfone groups is 1. The molecule has 12 nitrogen and oxygen atoms in total. The summed E-state index contributed by atoms with van der Waals surface area (Å²) in [4.78, 5) is 14.7. The number of methoxy groups -OCH3 is 3.